The monoisotopic (exact) mass is 831 g/mol. The molecule has 3 aliphatic rings. The number of rotatable bonds is 13. The van der Waals surface area contributed by atoms with Crippen LogP contribution in [0.4, 0.5) is 0 Å². The van der Waals surface area contributed by atoms with Gasteiger partial charge in [0.25, 0.3) is 17.7 Å². The lowest BCUT2D eigenvalue weighted by Gasteiger charge is -2.38. The Morgan fingerprint density at radius 3 is 2.49 bits per heavy atom. The number of nitrogens with zero attached hydrogens (tertiary/aromatic N) is 5. The number of carbonyl (C=O) groups is 6. The number of imide groups is 2. The van der Waals surface area contributed by atoms with Gasteiger partial charge in [0, 0.05) is 40.4 Å². The number of hydrogen-bond acceptors (Lipinski definition) is 11. The maximum absolute atomic E-state index is 13.5. The number of aromatic nitrogens is 3. The Labute approximate surface area is 344 Å². The van der Waals surface area contributed by atoms with Crippen LogP contribution < -0.4 is 15.4 Å². The van der Waals surface area contributed by atoms with Crippen molar-refractivity contribution in [2.45, 2.75) is 84.2 Å². The van der Waals surface area contributed by atoms with E-state index in [1.165, 1.54) is 19.1 Å². The number of nitrogens with one attached hydrogen (secondary N) is 2. The summed E-state index contributed by atoms with van der Waals surface area (Å²) in [6.45, 7) is 7.59. The van der Waals surface area contributed by atoms with Gasteiger partial charge < -0.3 is 10.1 Å². The minimum Gasteiger partial charge on any atom is -0.485 e. The molecule has 2 aromatic heterocycles. The van der Waals surface area contributed by atoms with Gasteiger partial charge in [-0.3, -0.25) is 48.5 Å². The second-order valence-electron chi connectivity index (χ2n) is 14.4. The number of halogens is 1. The van der Waals surface area contributed by atoms with Gasteiger partial charge in [-0.15, -0.1) is 21.5 Å². The Kier molecular flexibility index (Phi) is 12.2. The predicted molar refractivity (Wildman–Crippen MR) is 218 cm³/mol. The third-order valence-corrected chi connectivity index (χ3v) is 12.0. The highest BCUT2D eigenvalue weighted by atomic mass is 35.5. The van der Waals surface area contributed by atoms with Crippen molar-refractivity contribution in [3.8, 4) is 10.8 Å². The fourth-order valence-electron chi connectivity index (χ4n) is 7.29. The standard InChI is InChI=1S/C40H40ClN7O7S.H2S/c1-21-22(2)56-38-32(21)34(24-12-14-25(41)15-13-24)43-28(35-46-45-23(3)47(35)38)19-31(51)42-18-7-5-6-9-26(49)20-55-29-11-8-10-27-33(29)37(53)48(36(27)52)40(4)17-16-30(50)44-39(40)54;/h8,10-15,28H,5-7,9,16-20H2,1-4H3,(H,42,51)(H,44,50,54);1H2/t28-,40-;/m0./s1. The van der Waals surface area contributed by atoms with E-state index in [-0.39, 0.29) is 74.4 Å². The maximum atomic E-state index is 13.5. The van der Waals surface area contributed by atoms with Crippen molar-refractivity contribution in [1.29, 1.82) is 0 Å². The molecule has 0 radical (unpaired) electrons. The molecular formula is C40H42ClN7O7S2. The van der Waals surface area contributed by atoms with E-state index in [0.29, 0.717) is 42.5 Å². The highest BCUT2D eigenvalue weighted by Crippen LogP contribution is 2.40. The third kappa shape index (κ3) is 7.90. The lowest BCUT2D eigenvalue weighted by atomic mass is 9.89. The van der Waals surface area contributed by atoms with Crippen LogP contribution in [-0.2, 0) is 19.2 Å². The van der Waals surface area contributed by atoms with Crippen LogP contribution in [-0.4, -0.2) is 79.4 Å². The van der Waals surface area contributed by atoms with Gasteiger partial charge in [0.15, 0.2) is 11.6 Å². The Bertz CT molecular complexity index is 2340. The lowest BCUT2D eigenvalue weighted by Crippen LogP contribution is -2.62. The molecule has 0 unspecified atom stereocenters. The van der Waals surface area contributed by atoms with E-state index >= 15 is 0 Å². The second kappa shape index (κ2) is 16.7. The zero-order valence-electron chi connectivity index (χ0n) is 31.9. The van der Waals surface area contributed by atoms with Gasteiger partial charge in [-0.1, -0.05) is 36.2 Å². The van der Waals surface area contributed by atoms with E-state index in [1.807, 2.05) is 35.8 Å². The number of aliphatic imine (C=N–C) groups is 1. The first-order chi connectivity index (χ1) is 26.8. The lowest BCUT2D eigenvalue weighted by molar-refractivity contribution is -0.141. The van der Waals surface area contributed by atoms with Gasteiger partial charge in [0.2, 0.25) is 11.8 Å². The molecule has 0 saturated carbocycles. The molecule has 1 fully saturated rings. The van der Waals surface area contributed by atoms with E-state index in [4.69, 9.17) is 21.3 Å². The number of unbranched alkanes of at least 4 members (excludes halogenated alkanes) is 2. The summed E-state index contributed by atoms with van der Waals surface area (Å²) in [5.41, 5.74) is 2.28. The first-order valence-corrected chi connectivity index (χ1v) is 19.6. The van der Waals surface area contributed by atoms with Crippen molar-refractivity contribution in [2.75, 3.05) is 13.2 Å². The Morgan fingerprint density at radius 2 is 1.75 bits per heavy atom. The fraction of sp³-hybridized carbons (Fsp3) is 0.375. The molecule has 57 heavy (non-hydrogen) atoms. The summed E-state index contributed by atoms with van der Waals surface area (Å²) in [4.78, 5) is 84.4. The van der Waals surface area contributed by atoms with Gasteiger partial charge in [-0.05, 0) is 76.8 Å². The minimum atomic E-state index is -1.54. The van der Waals surface area contributed by atoms with Crippen LogP contribution in [0.3, 0.4) is 0 Å². The number of ketones is 1. The molecule has 1 saturated heterocycles. The third-order valence-electron chi connectivity index (χ3n) is 10.5. The molecule has 14 nitrogen and oxygen atoms in total. The predicted octanol–water partition coefficient (Wildman–Crippen LogP) is 5.42. The summed E-state index contributed by atoms with van der Waals surface area (Å²) in [7, 11) is 0. The van der Waals surface area contributed by atoms with Crippen molar-refractivity contribution in [2.24, 2.45) is 4.99 Å². The van der Waals surface area contributed by atoms with Crippen LogP contribution in [0, 0.1) is 20.8 Å². The molecule has 4 aromatic rings. The first-order valence-electron chi connectivity index (χ1n) is 18.4. The van der Waals surface area contributed by atoms with Crippen molar-refractivity contribution < 1.29 is 33.5 Å². The van der Waals surface area contributed by atoms with E-state index in [0.717, 1.165) is 37.2 Å². The highest BCUT2D eigenvalue weighted by molar-refractivity contribution is 7.59. The summed E-state index contributed by atoms with van der Waals surface area (Å²) in [6.07, 6.45) is 2.15. The zero-order chi connectivity index (χ0) is 39.9. The average molecular weight is 832 g/mol. The number of fused-ring (bicyclic) bond motifs is 4. The Balaban J connectivity index is 0.00000549. The molecule has 5 heterocycles. The molecule has 2 N–H and O–H groups in total. The Hall–Kier alpha value is -5.19. The number of carbonyl (C=O) groups excluding carboxylic acids is 6. The smallest absolute Gasteiger partial charge is 0.266 e. The van der Waals surface area contributed by atoms with Crippen LogP contribution in [0.1, 0.15) is 112 Å². The number of amides is 5. The molecule has 2 atom stereocenters. The van der Waals surface area contributed by atoms with Crippen LogP contribution in [0.5, 0.6) is 5.75 Å². The molecule has 2 aromatic carbocycles. The van der Waals surface area contributed by atoms with Crippen LogP contribution in [0.15, 0.2) is 47.5 Å². The van der Waals surface area contributed by atoms with Crippen molar-refractivity contribution >= 4 is 77.5 Å². The summed E-state index contributed by atoms with van der Waals surface area (Å²) < 4.78 is 7.74. The topological polar surface area (TPSA) is 182 Å². The molecule has 3 aliphatic heterocycles. The van der Waals surface area contributed by atoms with Gasteiger partial charge >= 0.3 is 0 Å². The number of piperidine rings is 1. The normalized spacial score (nSPS) is 18.5. The number of hydrogen-bond donors (Lipinski definition) is 2. The van der Waals surface area contributed by atoms with Crippen molar-refractivity contribution in [3.63, 3.8) is 0 Å². The van der Waals surface area contributed by atoms with Gasteiger partial charge in [0.05, 0.1) is 23.3 Å². The fourth-order valence-corrected chi connectivity index (χ4v) is 8.63. The van der Waals surface area contributed by atoms with Crippen LogP contribution >= 0.6 is 36.4 Å². The quantitative estimate of drug-likeness (QED) is 0.131. The Morgan fingerprint density at radius 1 is 1.00 bits per heavy atom. The summed E-state index contributed by atoms with van der Waals surface area (Å²) in [6, 6.07) is 11.4. The van der Waals surface area contributed by atoms with Gasteiger partial charge in [0.1, 0.15) is 34.8 Å². The molecule has 7 rings (SSSR count). The van der Waals surface area contributed by atoms with Crippen LogP contribution in [0.25, 0.3) is 5.00 Å². The van der Waals surface area contributed by atoms with Gasteiger partial charge in [-0.2, -0.15) is 13.5 Å². The largest absolute Gasteiger partial charge is 0.485 e. The molecule has 17 heteroatoms. The maximum Gasteiger partial charge on any atom is 0.266 e. The molecule has 0 aliphatic carbocycles. The van der Waals surface area contributed by atoms with E-state index in [9.17, 15) is 28.8 Å². The van der Waals surface area contributed by atoms with E-state index in [1.54, 1.807) is 17.4 Å². The van der Waals surface area contributed by atoms with Crippen molar-refractivity contribution in [1.82, 2.24) is 30.3 Å². The number of Topliss-reactive ketones (excluding diaryl/α,β-unsaturated/α-hetero) is 1. The molecule has 0 spiro atoms. The molecule has 5 amide bonds. The number of aryl methyl sites for hydroxylation is 2. The highest BCUT2D eigenvalue weighted by Gasteiger charge is 2.53. The summed E-state index contributed by atoms with van der Waals surface area (Å²) in [5, 5.41) is 15.6. The number of thiophene rings is 1. The van der Waals surface area contributed by atoms with Crippen molar-refractivity contribution in [3.05, 3.63) is 91.8 Å². The number of benzene rings is 2. The van der Waals surface area contributed by atoms with Gasteiger partial charge in [-0.25, -0.2) is 0 Å². The molecular weight excluding hydrogens is 790 g/mol. The summed E-state index contributed by atoms with van der Waals surface area (Å²) >= 11 is 7.86. The number of ether oxygens (including phenoxy) is 1. The zero-order valence-corrected chi connectivity index (χ0v) is 34.4. The van der Waals surface area contributed by atoms with Crippen LogP contribution in [0.2, 0.25) is 5.02 Å². The second-order valence-corrected chi connectivity index (χ2v) is 16.0. The summed E-state index contributed by atoms with van der Waals surface area (Å²) in [5.74, 6) is -1.56. The van der Waals surface area contributed by atoms with E-state index in [2.05, 4.69) is 34.7 Å². The minimum absolute atomic E-state index is 0. The SMILES string of the molecule is Cc1sc2c(c1C)C(c1ccc(Cl)cc1)=N[C@@H](CC(=O)NCCCCCC(=O)COc1cccc3c1C(=O)N([C@@]1(C)CCC(=O)NC1=O)C3=O)c1nnc(C)n1-2.S. The molecule has 0 bridgehead atoms. The van der Waals surface area contributed by atoms with E-state index < -0.39 is 35.2 Å². The molecule has 298 valence electrons. The first kappa shape index (κ1) is 41.4. The average Bonchev–Trinajstić information content (AvgIpc) is 3.75.